The summed E-state index contributed by atoms with van der Waals surface area (Å²) in [4.78, 5) is 16.8. The summed E-state index contributed by atoms with van der Waals surface area (Å²) in [6.45, 7) is 6.11. The Hall–Kier alpha value is -1.40. The third-order valence-electron chi connectivity index (χ3n) is 4.57. The second kappa shape index (κ2) is 6.15. The first-order valence-electron chi connectivity index (χ1n) is 7.81. The Morgan fingerprint density at radius 3 is 2.71 bits per heavy atom. The van der Waals surface area contributed by atoms with Crippen LogP contribution >= 0.6 is 0 Å². The monoisotopic (exact) mass is 292 g/mol. The fraction of sp³-hybridized carbons (Fsp3) is 0.733. The summed E-state index contributed by atoms with van der Waals surface area (Å²) in [6.07, 6.45) is 2.80. The highest BCUT2D eigenvalue weighted by Gasteiger charge is 2.32. The van der Waals surface area contributed by atoms with Gasteiger partial charge in [-0.3, -0.25) is 9.69 Å². The van der Waals surface area contributed by atoms with Crippen molar-refractivity contribution in [2.45, 2.75) is 38.8 Å². The van der Waals surface area contributed by atoms with Crippen molar-refractivity contribution in [2.75, 3.05) is 26.2 Å². The molecule has 0 radical (unpaired) electrons. The zero-order valence-corrected chi connectivity index (χ0v) is 12.6. The van der Waals surface area contributed by atoms with Crippen molar-refractivity contribution in [1.82, 2.24) is 15.0 Å². The van der Waals surface area contributed by atoms with Crippen molar-refractivity contribution < 1.29 is 9.32 Å². The number of hydrogen-bond donors (Lipinski definition) is 1. The van der Waals surface area contributed by atoms with Crippen LogP contribution in [0.25, 0.3) is 0 Å². The smallest absolute Gasteiger partial charge is 0.225 e. The Labute approximate surface area is 125 Å². The predicted octanol–water partition coefficient (Wildman–Crippen LogP) is 0.755. The first kappa shape index (κ1) is 14.5. The van der Waals surface area contributed by atoms with E-state index >= 15 is 0 Å². The fourth-order valence-corrected chi connectivity index (χ4v) is 3.35. The molecular formula is C15H24N4O2. The van der Waals surface area contributed by atoms with Gasteiger partial charge in [-0.15, -0.1) is 0 Å². The van der Waals surface area contributed by atoms with Crippen LogP contribution < -0.4 is 5.73 Å². The molecule has 1 aromatic heterocycles. The maximum absolute atomic E-state index is 12.4. The summed E-state index contributed by atoms with van der Waals surface area (Å²) in [5.41, 5.74) is 6.87. The molecule has 1 aliphatic heterocycles. The van der Waals surface area contributed by atoms with Crippen LogP contribution in [-0.2, 0) is 11.3 Å². The fourth-order valence-electron chi connectivity index (χ4n) is 3.35. The van der Waals surface area contributed by atoms with Crippen LogP contribution in [0.1, 0.15) is 30.7 Å². The minimum Gasteiger partial charge on any atom is -0.361 e. The summed E-state index contributed by atoms with van der Waals surface area (Å²) in [5.74, 6) is 1.31. The largest absolute Gasteiger partial charge is 0.361 e. The molecule has 1 amide bonds. The molecule has 1 aliphatic carbocycles. The number of piperazine rings is 1. The average Bonchev–Trinajstić information content (AvgIpc) is 3.08. The van der Waals surface area contributed by atoms with Gasteiger partial charge in [0.2, 0.25) is 5.91 Å². The second-order valence-electron chi connectivity index (χ2n) is 6.30. The van der Waals surface area contributed by atoms with Gasteiger partial charge in [-0.1, -0.05) is 5.16 Å². The Balaban J connectivity index is 1.47. The molecule has 0 bridgehead atoms. The van der Waals surface area contributed by atoms with Crippen molar-refractivity contribution in [3.05, 3.63) is 17.5 Å². The maximum Gasteiger partial charge on any atom is 0.225 e. The molecule has 2 fully saturated rings. The van der Waals surface area contributed by atoms with Gasteiger partial charge in [0.1, 0.15) is 5.76 Å². The van der Waals surface area contributed by atoms with Crippen LogP contribution in [0, 0.1) is 12.8 Å². The molecule has 0 aromatic carbocycles. The van der Waals surface area contributed by atoms with Crippen molar-refractivity contribution >= 4 is 5.91 Å². The van der Waals surface area contributed by atoms with Crippen LogP contribution in [0.3, 0.4) is 0 Å². The Kier molecular flexibility index (Phi) is 4.26. The van der Waals surface area contributed by atoms with E-state index in [4.69, 9.17) is 10.3 Å². The van der Waals surface area contributed by atoms with Gasteiger partial charge in [-0.05, 0) is 26.2 Å². The van der Waals surface area contributed by atoms with Crippen LogP contribution in [0.5, 0.6) is 0 Å². The first-order valence-corrected chi connectivity index (χ1v) is 7.81. The number of aryl methyl sites for hydroxylation is 1. The van der Waals surface area contributed by atoms with Gasteiger partial charge in [0.05, 0.1) is 5.69 Å². The van der Waals surface area contributed by atoms with Crippen LogP contribution in [0.15, 0.2) is 10.6 Å². The highest BCUT2D eigenvalue weighted by Crippen LogP contribution is 2.26. The molecule has 0 spiro atoms. The lowest BCUT2D eigenvalue weighted by atomic mass is 10.1. The number of carbonyl (C=O) groups excluding carboxylic acids is 1. The van der Waals surface area contributed by atoms with Gasteiger partial charge in [0.25, 0.3) is 0 Å². The van der Waals surface area contributed by atoms with Gasteiger partial charge >= 0.3 is 0 Å². The van der Waals surface area contributed by atoms with Crippen molar-refractivity contribution in [1.29, 1.82) is 0 Å². The molecule has 3 rings (SSSR count). The molecular weight excluding hydrogens is 268 g/mol. The summed E-state index contributed by atoms with van der Waals surface area (Å²) in [6, 6.07) is 2.19. The maximum atomic E-state index is 12.4. The summed E-state index contributed by atoms with van der Waals surface area (Å²) in [7, 11) is 0. The van der Waals surface area contributed by atoms with Crippen molar-refractivity contribution in [3.8, 4) is 0 Å². The third kappa shape index (κ3) is 3.44. The van der Waals surface area contributed by atoms with E-state index in [-0.39, 0.29) is 12.0 Å². The zero-order chi connectivity index (χ0) is 14.8. The Morgan fingerprint density at radius 1 is 1.38 bits per heavy atom. The van der Waals surface area contributed by atoms with E-state index in [1.807, 2.05) is 17.9 Å². The zero-order valence-electron chi connectivity index (χ0n) is 12.6. The van der Waals surface area contributed by atoms with Crippen LogP contribution in [-0.4, -0.2) is 53.1 Å². The SMILES string of the molecule is Cc1cc(CN2CCN(C(=O)[C@H]3CC[C@H](N)C3)CC2)no1. The summed E-state index contributed by atoms with van der Waals surface area (Å²) < 4.78 is 5.09. The molecule has 2 N–H and O–H groups in total. The average molecular weight is 292 g/mol. The molecule has 1 saturated carbocycles. The lowest BCUT2D eigenvalue weighted by Crippen LogP contribution is -2.49. The van der Waals surface area contributed by atoms with Crippen LogP contribution in [0.4, 0.5) is 0 Å². The Morgan fingerprint density at radius 2 is 2.14 bits per heavy atom. The Bertz CT molecular complexity index is 494. The standard InChI is InChI=1S/C15H24N4O2/c1-11-8-14(17-21-11)10-18-4-6-19(7-5-18)15(20)12-2-3-13(16)9-12/h8,12-13H,2-7,9-10,16H2,1H3/t12-,13-/m0/s1. The molecule has 0 unspecified atom stereocenters. The molecule has 21 heavy (non-hydrogen) atoms. The number of nitrogens with zero attached hydrogens (tertiary/aromatic N) is 3. The number of rotatable bonds is 3. The highest BCUT2D eigenvalue weighted by molar-refractivity contribution is 5.79. The topological polar surface area (TPSA) is 75.6 Å². The van der Waals surface area contributed by atoms with Crippen molar-refractivity contribution in [3.63, 3.8) is 0 Å². The highest BCUT2D eigenvalue weighted by atomic mass is 16.5. The molecule has 2 heterocycles. The van der Waals surface area contributed by atoms with E-state index in [1.54, 1.807) is 0 Å². The van der Waals surface area contributed by atoms with Gasteiger partial charge in [0, 0.05) is 50.7 Å². The molecule has 2 aliphatic rings. The lowest BCUT2D eigenvalue weighted by molar-refractivity contribution is -0.137. The quantitative estimate of drug-likeness (QED) is 0.890. The van der Waals surface area contributed by atoms with E-state index in [2.05, 4.69) is 10.1 Å². The van der Waals surface area contributed by atoms with Crippen LogP contribution in [0.2, 0.25) is 0 Å². The third-order valence-corrected chi connectivity index (χ3v) is 4.57. The lowest BCUT2D eigenvalue weighted by Gasteiger charge is -2.35. The van der Waals surface area contributed by atoms with Gasteiger partial charge in [-0.25, -0.2) is 0 Å². The predicted molar refractivity (Wildman–Crippen MR) is 78.4 cm³/mol. The van der Waals surface area contributed by atoms with Crippen molar-refractivity contribution in [2.24, 2.45) is 11.7 Å². The van der Waals surface area contributed by atoms with E-state index in [0.29, 0.717) is 5.91 Å². The van der Waals surface area contributed by atoms with E-state index in [1.165, 1.54) is 0 Å². The van der Waals surface area contributed by atoms with E-state index in [0.717, 1.165) is 63.4 Å². The minimum atomic E-state index is 0.157. The molecule has 6 heteroatoms. The normalized spacial score (nSPS) is 27.2. The number of carbonyl (C=O) groups is 1. The number of aromatic nitrogens is 1. The molecule has 1 saturated heterocycles. The molecule has 1 aromatic rings. The summed E-state index contributed by atoms with van der Waals surface area (Å²) in [5, 5.41) is 4.02. The number of hydrogen-bond acceptors (Lipinski definition) is 5. The summed E-state index contributed by atoms with van der Waals surface area (Å²) >= 11 is 0. The number of amides is 1. The van der Waals surface area contributed by atoms with Gasteiger partial charge in [-0.2, -0.15) is 0 Å². The number of nitrogens with two attached hydrogens (primary N) is 1. The molecule has 6 nitrogen and oxygen atoms in total. The minimum absolute atomic E-state index is 0.157. The van der Waals surface area contributed by atoms with E-state index < -0.39 is 0 Å². The molecule has 2 atom stereocenters. The molecule has 116 valence electrons. The van der Waals surface area contributed by atoms with Gasteiger partial charge in [0.15, 0.2) is 0 Å². The second-order valence-corrected chi connectivity index (χ2v) is 6.30. The first-order chi connectivity index (χ1) is 10.1. The van der Waals surface area contributed by atoms with E-state index in [9.17, 15) is 4.79 Å². The van der Waals surface area contributed by atoms with Gasteiger partial charge < -0.3 is 15.2 Å².